The first-order chi connectivity index (χ1) is 6.29. The van der Waals surface area contributed by atoms with E-state index in [0.29, 0.717) is 5.88 Å². The third-order valence-corrected chi connectivity index (χ3v) is 2.13. The van der Waals surface area contributed by atoms with Crippen molar-refractivity contribution in [2.24, 2.45) is 0 Å². The quantitative estimate of drug-likeness (QED) is 0.487. The summed E-state index contributed by atoms with van der Waals surface area (Å²) in [5, 5.41) is 5.87. The summed E-state index contributed by atoms with van der Waals surface area (Å²) in [6.45, 7) is 4.95. The van der Waals surface area contributed by atoms with Gasteiger partial charge < -0.3 is 22.9 Å². The van der Waals surface area contributed by atoms with Crippen LogP contribution in [0.3, 0.4) is 0 Å². The first kappa shape index (κ1) is 11.1. The van der Waals surface area contributed by atoms with Crippen LogP contribution in [0, 0.1) is 6.92 Å². The van der Waals surface area contributed by atoms with Crippen molar-refractivity contribution < 1.29 is 26.5 Å². The van der Waals surface area contributed by atoms with Crippen LogP contribution in [0.1, 0.15) is 5.69 Å². The molecule has 1 aliphatic heterocycles. The molecule has 14 heavy (non-hydrogen) atoms. The molecule has 6 nitrogen and oxygen atoms in total. The Balaban J connectivity index is 0.000000980. The van der Waals surface area contributed by atoms with E-state index in [1.807, 2.05) is 11.9 Å². The Morgan fingerprint density at radius 2 is 2.07 bits per heavy atom. The number of nitrogens with two attached hydrogens (primary N) is 1. The molecular weight excluding hydrogens is 208 g/mol. The van der Waals surface area contributed by atoms with Crippen LogP contribution in [0.25, 0.3) is 0 Å². The molecule has 1 aromatic rings. The standard InChI is InChI=1S/C7H13N4O2.ClH/c1-6-7(8)13-9-11(6)10-2-4-12-5-3-10;/h2-5,8H2,1H3;1H/q+1;/p-1. The van der Waals surface area contributed by atoms with E-state index >= 15 is 0 Å². The van der Waals surface area contributed by atoms with E-state index in [4.69, 9.17) is 15.0 Å². The SMILES string of the molecule is Cc1c(N)on[n+]1N1CCOCC1.[Cl-]. The van der Waals surface area contributed by atoms with E-state index < -0.39 is 0 Å². The monoisotopic (exact) mass is 220 g/mol. The number of ether oxygens (including phenoxy) is 1. The van der Waals surface area contributed by atoms with Crippen LogP contribution >= 0.6 is 0 Å². The van der Waals surface area contributed by atoms with Crippen LogP contribution in [0.5, 0.6) is 0 Å². The van der Waals surface area contributed by atoms with Crippen LogP contribution < -0.4 is 27.9 Å². The number of nitrogen functional groups attached to an aromatic ring is 1. The van der Waals surface area contributed by atoms with Gasteiger partial charge in [0.2, 0.25) is 5.27 Å². The molecule has 1 aliphatic rings. The second-order valence-electron chi connectivity index (χ2n) is 2.98. The summed E-state index contributed by atoms with van der Waals surface area (Å²) >= 11 is 0. The molecule has 2 rings (SSSR count). The Labute approximate surface area is 88.0 Å². The second-order valence-corrected chi connectivity index (χ2v) is 2.98. The fraction of sp³-hybridized carbons (Fsp3) is 0.714. The van der Waals surface area contributed by atoms with E-state index in [-0.39, 0.29) is 12.4 Å². The summed E-state index contributed by atoms with van der Waals surface area (Å²) in [5.41, 5.74) is 6.37. The highest BCUT2D eigenvalue weighted by Gasteiger charge is 2.26. The second kappa shape index (κ2) is 4.47. The lowest BCUT2D eigenvalue weighted by atomic mass is 10.5. The summed E-state index contributed by atoms with van der Waals surface area (Å²) in [6, 6.07) is 0. The summed E-state index contributed by atoms with van der Waals surface area (Å²) in [5.74, 6) is 0.367. The molecule has 0 atom stereocenters. The smallest absolute Gasteiger partial charge is 0.304 e. The van der Waals surface area contributed by atoms with Crippen molar-refractivity contribution in [2.45, 2.75) is 6.92 Å². The molecule has 1 fully saturated rings. The minimum absolute atomic E-state index is 0. The predicted molar refractivity (Wildman–Crippen MR) is 44.6 cm³/mol. The van der Waals surface area contributed by atoms with Crippen LogP contribution in [0.4, 0.5) is 5.88 Å². The van der Waals surface area contributed by atoms with Crippen molar-refractivity contribution >= 4 is 5.88 Å². The van der Waals surface area contributed by atoms with E-state index in [0.717, 1.165) is 32.0 Å². The maximum atomic E-state index is 5.54. The lowest BCUT2D eigenvalue weighted by molar-refractivity contribution is -0.764. The fourth-order valence-electron chi connectivity index (χ4n) is 1.32. The van der Waals surface area contributed by atoms with Gasteiger partial charge in [0.05, 0.1) is 31.1 Å². The van der Waals surface area contributed by atoms with E-state index in [2.05, 4.69) is 5.27 Å². The van der Waals surface area contributed by atoms with Gasteiger partial charge in [0.25, 0.3) is 5.88 Å². The normalized spacial score (nSPS) is 16.5. The zero-order chi connectivity index (χ0) is 9.26. The molecule has 0 aliphatic carbocycles. The van der Waals surface area contributed by atoms with Gasteiger partial charge in [-0.1, -0.05) is 0 Å². The molecule has 0 unspecified atom stereocenters. The molecule has 0 aromatic carbocycles. The Morgan fingerprint density at radius 1 is 1.43 bits per heavy atom. The zero-order valence-corrected chi connectivity index (χ0v) is 8.70. The number of nitrogens with zero attached hydrogens (tertiary/aromatic N) is 3. The van der Waals surface area contributed by atoms with Crippen molar-refractivity contribution in [3.05, 3.63) is 5.69 Å². The molecule has 0 radical (unpaired) electrons. The number of hydrogen-bond acceptors (Lipinski definition) is 5. The highest BCUT2D eigenvalue weighted by atomic mass is 35.5. The summed E-state index contributed by atoms with van der Waals surface area (Å²) < 4.78 is 10.1. The average molecular weight is 221 g/mol. The predicted octanol–water partition coefficient (Wildman–Crippen LogP) is -4.18. The van der Waals surface area contributed by atoms with Gasteiger partial charge in [-0.2, -0.15) is 0 Å². The highest BCUT2D eigenvalue weighted by Crippen LogP contribution is 2.02. The average Bonchev–Trinajstić information content (AvgIpc) is 2.49. The van der Waals surface area contributed by atoms with Crippen LogP contribution in [-0.2, 0) is 4.74 Å². The molecule has 0 spiro atoms. The van der Waals surface area contributed by atoms with Gasteiger partial charge in [0.1, 0.15) is 0 Å². The molecule has 1 aromatic heterocycles. The Kier molecular flexibility index (Phi) is 3.54. The van der Waals surface area contributed by atoms with Gasteiger partial charge >= 0.3 is 5.69 Å². The van der Waals surface area contributed by atoms with Gasteiger partial charge in [-0.05, 0) is 0 Å². The first-order valence-electron chi connectivity index (χ1n) is 4.26. The van der Waals surface area contributed by atoms with E-state index in [1.54, 1.807) is 4.79 Å². The molecule has 0 amide bonds. The fourth-order valence-corrected chi connectivity index (χ4v) is 1.32. The number of aromatic nitrogens is 2. The number of anilines is 1. The Bertz CT molecular complexity index is 298. The van der Waals surface area contributed by atoms with Crippen LogP contribution in [0.2, 0.25) is 0 Å². The number of halogens is 1. The largest absolute Gasteiger partial charge is 1.00 e. The Morgan fingerprint density at radius 3 is 2.57 bits per heavy atom. The van der Waals surface area contributed by atoms with Gasteiger partial charge in [-0.3, -0.25) is 4.52 Å². The summed E-state index contributed by atoms with van der Waals surface area (Å²) in [4.78, 5) is 1.69. The lowest BCUT2D eigenvalue weighted by Crippen LogP contribution is -3.00. The molecule has 2 N–H and O–H groups in total. The van der Waals surface area contributed by atoms with Crippen molar-refractivity contribution in [1.82, 2.24) is 5.27 Å². The summed E-state index contributed by atoms with van der Waals surface area (Å²) in [6.07, 6.45) is 0. The van der Waals surface area contributed by atoms with Crippen LogP contribution in [-0.4, -0.2) is 31.6 Å². The van der Waals surface area contributed by atoms with Gasteiger partial charge in [0, 0.05) is 6.92 Å². The minimum atomic E-state index is 0. The topological polar surface area (TPSA) is 68.4 Å². The maximum absolute atomic E-state index is 5.54. The van der Waals surface area contributed by atoms with E-state index in [9.17, 15) is 0 Å². The molecule has 0 bridgehead atoms. The van der Waals surface area contributed by atoms with Gasteiger partial charge in [0.15, 0.2) is 0 Å². The van der Waals surface area contributed by atoms with Crippen LogP contribution in [0.15, 0.2) is 4.52 Å². The van der Waals surface area contributed by atoms with Crippen molar-refractivity contribution in [3.8, 4) is 0 Å². The molecular formula is C7H13ClN4O2. The lowest BCUT2D eigenvalue weighted by Gasteiger charge is -2.19. The molecule has 80 valence electrons. The minimum Gasteiger partial charge on any atom is -1.00 e. The number of morpholine rings is 1. The van der Waals surface area contributed by atoms with Gasteiger partial charge in [-0.15, -0.1) is 5.01 Å². The number of rotatable bonds is 1. The molecule has 2 heterocycles. The Hall–Kier alpha value is -1.01. The molecule has 7 heteroatoms. The van der Waals surface area contributed by atoms with Crippen molar-refractivity contribution in [3.63, 3.8) is 0 Å². The zero-order valence-electron chi connectivity index (χ0n) is 7.94. The third-order valence-electron chi connectivity index (χ3n) is 2.13. The van der Waals surface area contributed by atoms with Gasteiger partial charge in [-0.25, -0.2) is 0 Å². The maximum Gasteiger partial charge on any atom is 0.304 e. The summed E-state index contributed by atoms with van der Waals surface area (Å²) in [7, 11) is 0. The first-order valence-corrected chi connectivity index (χ1v) is 4.26. The van der Waals surface area contributed by atoms with Crippen molar-refractivity contribution in [2.75, 3.05) is 37.0 Å². The van der Waals surface area contributed by atoms with E-state index in [1.165, 1.54) is 0 Å². The molecule has 1 saturated heterocycles. The molecule has 0 saturated carbocycles. The highest BCUT2D eigenvalue weighted by molar-refractivity contribution is 5.23. The third kappa shape index (κ3) is 1.91. The number of hydrogen-bond donors (Lipinski definition) is 1. The van der Waals surface area contributed by atoms with Crippen molar-refractivity contribution in [1.29, 1.82) is 0 Å².